The molecule has 2 aliphatic rings. The van der Waals surface area contributed by atoms with Crippen LogP contribution in [0.1, 0.15) is 56.3 Å². The van der Waals surface area contributed by atoms with Crippen LogP contribution in [-0.2, 0) is 14.8 Å². The number of likely N-dealkylation sites (N-methyl/N-ethyl adjacent to an activating group) is 1. The summed E-state index contributed by atoms with van der Waals surface area (Å²) in [4.78, 5) is 28.6. The number of sulfonamides is 1. The molecule has 41 heavy (non-hydrogen) atoms. The number of rotatable bonds is 9. The zero-order chi connectivity index (χ0) is 29.7. The largest absolute Gasteiger partial charge is 0.497 e. The number of para-hydroxylation sites is 1. The molecule has 0 unspecified atom stereocenters. The van der Waals surface area contributed by atoms with Gasteiger partial charge < -0.3 is 24.8 Å². The highest BCUT2D eigenvalue weighted by molar-refractivity contribution is 7.89. The van der Waals surface area contributed by atoms with Crippen LogP contribution in [0.3, 0.4) is 0 Å². The second kappa shape index (κ2) is 13.2. The van der Waals surface area contributed by atoms with Crippen molar-refractivity contribution in [2.24, 2.45) is 11.8 Å². The van der Waals surface area contributed by atoms with Gasteiger partial charge in [-0.05, 0) is 56.2 Å². The highest BCUT2D eigenvalue weighted by Gasteiger charge is 2.36. The first-order chi connectivity index (χ1) is 19.6. The topological polar surface area (TPSA) is 125 Å². The standard InChI is InChI=1S/C30H41N3O7S/c1-20-17-33(21(2)19-34)30(36)25-11-8-12-26(31-29(35)22-9-6-5-7-10-22)28(25)40-27(20)18-32(3)41(37,38)24-15-13-23(39-4)14-16-24/h8,11-16,20-22,27,34H,5-7,9-10,17-19H2,1-4H3,(H,31,35)/t20-,21+,27+/m0/s1. The summed E-state index contributed by atoms with van der Waals surface area (Å²) < 4.78 is 39.8. The van der Waals surface area contributed by atoms with Gasteiger partial charge in [-0.15, -0.1) is 0 Å². The van der Waals surface area contributed by atoms with Crippen molar-refractivity contribution in [2.45, 2.75) is 63.0 Å². The van der Waals surface area contributed by atoms with Crippen LogP contribution in [0.25, 0.3) is 0 Å². The zero-order valence-corrected chi connectivity index (χ0v) is 25.0. The van der Waals surface area contributed by atoms with Crippen molar-refractivity contribution in [1.29, 1.82) is 0 Å². The minimum Gasteiger partial charge on any atom is -0.497 e. The predicted octanol–water partition coefficient (Wildman–Crippen LogP) is 3.75. The maximum Gasteiger partial charge on any atom is 0.258 e. The van der Waals surface area contributed by atoms with E-state index >= 15 is 0 Å². The van der Waals surface area contributed by atoms with Crippen LogP contribution in [0.15, 0.2) is 47.4 Å². The number of anilines is 1. The van der Waals surface area contributed by atoms with Gasteiger partial charge in [0.2, 0.25) is 15.9 Å². The van der Waals surface area contributed by atoms with Crippen LogP contribution in [0, 0.1) is 11.8 Å². The molecule has 1 fully saturated rings. The van der Waals surface area contributed by atoms with Crippen molar-refractivity contribution in [3.8, 4) is 11.5 Å². The van der Waals surface area contributed by atoms with Gasteiger partial charge >= 0.3 is 0 Å². The number of hydrogen-bond acceptors (Lipinski definition) is 7. The van der Waals surface area contributed by atoms with Crippen LogP contribution in [0.4, 0.5) is 5.69 Å². The Morgan fingerprint density at radius 3 is 2.49 bits per heavy atom. The molecule has 1 aliphatic carbocycles. The first-order valence-electron chi connectivity index (χ1n) is 14.2. The number of carbonyl (C=O) groups is 2. The molecular weight excluding hydrogens is 546 g/mol. The van der Waals surface area contributed by atoms with Crippen molar-refractivity contribution in [1.82, 2.24) is 9.21 Å². The number of fused-ring (bicyclic) bond motifs is 1. The average Bonchev–Trinajstić information content (AvgIpc) is 2.99. The van der Waals surface area contributed by atoms with Gasteiger partial charge in [0.25, 0.3) is 5.91 Å². The maximum absolute atomic E-state index is 13.7. The SMILES string of the molecule is COc1ccc(S(=O)(=O)N(C)C[C@H]2Oc3c(NC(=O)C4CCCCC4)cccc3C(=O)N([C@H](C)CO)C[C@@H]2C)cc1. The van der Waals surface area contributed by atoms with Crippen molar-refractivity contribution < 1.29 is 32.6 Å². The fraction of sp³-hybridized carbons (Fsp3) is 0.533. The van der Waals surface area contributed by atoms with Crippen molar-refractivity contribution in [3.05, 3.63) is 48.0 Å². The van der Waals surface area contributed by atoms with Gasteiger partial charge in [0.15, 0.2) is 5.75 Å². The Bertz CT molecular complexity index is 1330. The van der Waals surface area contributed by atoms with E-state index in [4.69, 9.17) is 9.47 Å². The average molecular weight is 588 g/mol. The Balaban J connectivity index is 1.68. The minimum absolute atomic E-state index is 0.00455. The fourth-order valence-electron chi connectivity index (χ4n) is 5.44. The number of methoxy groups -OCH3 is 1. The Morgan fingerprint density at radius 2 is 1.85 bits per heavy atom. The van der Waals surface area contributed by atoms with Gasteiger partial charge in [0.1, 0.15) is 11.9 Å². The van der Waals surface area contributed by atoms with Crippen molar-refractivity contribution in [3.63, 3.8) is 0 Å². The molecule has 2 N–H and O–H groups in total. The van der Waals surface area contributed by atoms with Crippen LogP contribution < -0.4 is 14.8 Å². The quantitative estimate of drug-likeness (QED) is 0.458. The summed E-state index contributed by atoms with van der Waals surface area (Å²) in [6.45, 7) is 3.66. The first kappa shape index (κ1) is 30.8. The molecule has 0 spiro atoms. The predicted molar refractivity (Wildman–Crippen MR) is 156 cm³/mol. The summed E-state index contributed by atoms with van der Waals surface area (Å²) in [5, 5.41) is 12.9. The van der Waals surface area contributed by atoms with Gasteiger partial charge in [-0.25, -0.2) is 8.42 Å². The summed E-state index contributed by atoms with van der Waals surface area (Å²) in [6.07, 6.45) is 4.09. The maximum atomic E-state index is 13.7. The number of carbonyl (C=O) groups excluding carboxylic acids is 2. The number of benzene rings is 2. The third kappa shape index (κ3) is 6.85. The number of hydrogen-bond donors (Lipinski definition) is 2. The lowest BCUT2D eigenvalue weighted by Crippen LogP contribution is -2.50. The van der Waals surface area contributed by atoms with E-state index in [2.05, 4.69) is 5.32 Å². The molecule has 0 radical (unpaired) electrons. The molecule has 0 bridgehead atoms. The van der Waals surface area contributed by atoms with Crippen molar-refractivity contribution >= 4 is 27.5 Å². The molecule has 224 valence electrons. The zero-order valence-electron chi connectivity index (χ0n) is 24.2. The van der Waals surface area contributed by atoms with Gasteiger partial charge in [0.05, 0.1) is 42.4 Å². The van der Waals surface area contributed by atoms with Crippen LogP contribution in [-0.4, -0.2) is 80.5 Å². The number of nitrogens with zero attached hydrogens (tertiary/aromatic N) is 2. The Hall–Kier alpha value is -3.15. The molecule has 2 amide bonds. The lowest BCUT2D eigenvalue weighted by atomic mass is 9.88. The first-order valence-corrected chi connectivity index (χ1v) is 15.6. The van der Waals surface area contributed by atoms with E-state index in [1.807, 2.05) is 6.92 Å². The molecule has 10 nitrogen and oxygen atoms in total. The summed E-state index contributed by atoms with van der Waals surface area (Å²) in [5.41, 5.74) is 0.632. The summed E-state index contributed by atoms with van der Waals surface area (Å²) >= 11 is 0. The number of aliphatic hydroxyl groups is 1. The molecule has 3 atom stereocenters. The number of nitrogens with one attached hydrogen (secondary N) is 1. The van der Waals surface area contributed by atoms with Crippen LogP contribution in [0.5, 0.6) is 11.5 Å². The highest BCUT2D eigenvalue weighted by Crippen LogP contribution is 2.36. The molecule has 0 saturated heterocycles. The number of aliphatic hydroxyl groups excluding tert-OH is 1. The fourth-order valence-corrected chi connectivity index (χ4v) is 6.62. The molecule has 0 aromatic heterocycles. The molecule has 2 aromatic carbocycles. The molecular formula is C30H41N3O7S. The summed E-state index contributed by atoms with van der Waals surface area (Å²) in [5.74, 6) is -0.0863. The Morgan fingerprint density at radius 1 is 1.17 bits per heavy atom. The third-order valence-electron chi connectivity index (χ3n) is 8.13. The molecule has 1 heterocycles. The monoisotopic (exact) mass is 587 g/mol. The Kier molecular flexibility index (Phi) is 9.93. The second-order valence-corrected chi connectivity index (χ2v) is 13.1. The minimum atomic E-state index is -3.87. The van der Waals surface area contributed by atoms with Gasteiger partial charge in [0, 0.05) is 25.4 Å². The van der Waals surface area contributed by atoms with E-state index in [1.54, 1.807) is 42.2 Å². The van der Waals surface area contributed by atoms with Gasteiger partial charge in [-0.3, -0.25) is 9.59 Å². The third-order valence-corrected chi connectivity index (χ3v) is 9.97. The second-order valence-electron chi connectivity index (χ2n) is 11.1. The van der Waals surface area contributed by atoms with Crippen molar-refractivity contribution in [2.75, 3.05) is 39.2 Å². The Labute approximate surface area is 242 Å². The van der Waals surface area contributed by atoms with E-state index in [-0.39, 0.29) is 59.6 Å². The van der Waals surface area contributed by atoms with Crippen LogP contribution >= 0.6 is 0 Å². The summed E-state index contributed by atoms with van der Waals surface area (Å²) in [6, 6.07) is 10.7. The highest BCUT2D eigenvalue weighted by atomic mass is 32.2. The van der Waals surface area contributed by atoms with E-state index in [0.717, 1.165) is 32.1 Å². The number of ether oxygens (including phenoxy) is 2. The molecule has 1 saturated carbocycles. The van der Waals surface area contributed by atoms with E-state index in [1.165, 1.54) is 30.6 Å². The normalized spacial score (nSPS) is 20.9. The lowest BCUT2D eigenvalue weighted by Gasteiger charge is -2.38. The molecule has 4 rings (SSSR count). The lowest BCUT2D eigenvalue weighted by molar-refractivity contribution is -0.120. The van der Waals surface area contributed by atoms with E-state index < -0.39 is 22.2 Å². The summed E-state index contributed by atoms with van der Waals surface area (Å²) in [7, 11) is -0.863. The molecule has 1 aliphatic heterocycles. The number of amides is 2. The van der Waals surface area contributed by atoms with E-state index in [0.29, 0.717) is 11.4 Å². The van der Waals surface area contributed by atoms with Gasteiger partial charge in [-0.2, -0.15) is 4.31 Å². The van der Waals surface area contributed by atoms with Gasteiger partial charge in [-0.1, -0.05) is 32.3 Å². The molecule has 2 aromatic rings. The smallest absolute Gasteiger partial charge is 0.258 e. The van der Waals surface area contributed by atoms with E-state index in [9.17, 15) is 23.1 Å². The molecule has 11 heteroatoms. The van der Waals surface area contributed by atoms with Crippen LogP contribution in [0.2, 0.25) is 0 Å².